The lowest BCUT2D eigenvalue weighted by atomic mass is 10.3. The van der Waals surface area contributed by atoms with Crippen LogP contribution in [0.15, 0.2) is 66.1 Å². The molecule has 0 spiro atoms. The van der Waals surface area contributed by atoms with Crippen molar-refractivity contribution in [3.63, 3.8) is 0 Å². The van der Waals surface area contributed by atoms with Crippen LogP contribution in [-0.4, -0.2) is 31.5 Å². The topological polar surface area (TPSA) is 80.0 Å². The van der Waals surface area contributed by atoms with Crippen LogP contribution < -0.4 is 5.32 Å². The van der Waals surface area contributed by atoms with Gasteiger partial charge < -0.3 is 10.4 Å². The first-order valence-corrected chi connectivity index (χ1v) is 7.88. The molecule has 0 atom stereocenters. The number of thioether (sulfide) groups is 1. The Hall–Kier alpha value is -2.80. The average molecular weight is 326 g/mol. The average Bonchev–Trinajstić information content (AvgIpc) is 3.05. The van der Waals surface area contributed by atoms with Gasteiger partial charge in [0.1, 0.15) is 12.1 Å². The van der Waals surface area contributed by atoms with Crippen LogP contribution in [0.25, 0.3) is 5.69 Å². The second-order valence-electron chi connectivity index (χ2n) is 4.66. The Balaban J connectivity index is 1.58. The highest BCUT2D eigenvalue weighted by atomic mass is 32.2. The van der Waals surface area contributed by atoms with Gasteiger partial charge in [0.05, 0.1) is 17.1 Å². The molecule has 116 valence electrons. The molecule has 2 N–H and O–H groups in total. The van der Waals surface area contributed by atoms with E-state index in [0.29, 0.717) is 10.8 Å². The molecule has 0 radical (unpaired) electrons. The van der Waals surface area contributed by atoms with Crippen molar-refractivity contribution >= 4 is 23.4 Å². The van der Waals surface area contributed by atoms with Crippen LogP contribution in [0.4, 0.5) is 5.69 Å². The minimum Gasteiger partial charge on any atom is -0.506 e. The van der Waals surface area contributed by atoms with Gasteiger partial charge in [-0.3, -0.25) is 4.79 Å². The number of aromatic nitrogens is 3. The van der Waals surface area contributed by atoms with Gasteiger partial charge in [-0.2, -0.15) is 0 Å². The summed E-state index contributed by atoms with van der Waals surface area (Å²) in [6, 6.07) is 16.2. The Labute approximate surface area is 137 Å². The number of amides is 1. The van der Waals surface area contributed by atoms with Crippen molar-refractivity contribution in [1.82, 2.24) is 14.8 Å². The van der Waals surface area contributed by atoms with E-state index in [9.17, 15) is 9.90 Å². The molecule has 2 aromatic carbocycles. The fourth-order valence-electron chi connectivity index (χ4n) is 1.91. The van der Waals surface area contributed by atoms with Gasteiger partial charge in [-0.05, 0) is 24.3 Å². The van der Waals surface area contributed by atoms with E-state index in [-0.39, 0.29) is 17.4 Å². The fourth-order valence-corrected chi connectivity index (χ4v) is 2.51. The summed E-state index contributed by atoms with van der Waals surface area (Å²) in [5, 5.41) is 17.1. The third-order valence-corrected chi connectivity index (χ3v) is 3.85. The highest BCUT2D eigenvalue weighted by molar-refractivity contribution is 7.99. The Morgan fingerprint density at radius 1 is 1.13 bits per heavy atom. The summed E-state index contributed by atoms with van der Waals surface area (Å²) in [6.45, 7) is 0. The number of phenolic OH excluding ortho intramolecular Hbond substituents is 1. The lowest BCUT2D eigenvalue weighted by molar-refractivity contribution is -0.113. The van der Waals surface area contributed by atoms with E-state index in [4.69, 9.17) is 0 Å². The predicted octanol–water partition coefficient (Wildman–Crippen LogP) is 2.70. The third kappa shape index (κ3) is 3.89. The van der Waals surface area contributed by atoms with E-state index in [1.54, 1.807) is 29.2 Å². The lowest BCUT2D eigenvalue weighted by Gasteiger charge is -2.05. The molecule has 3 rings (SSSR count). The second-order valence-corrected chi connectivity index (χ2v) is 5.60. The van der Waals surface area contributed by atoms with Gasteiger partial charge in [0, 0.05) is 0 Å². The van der Waals surface area contributed by atoms with Crippen LogP contribution in [0, 0.1) is 0 Å². The van der Waals surface area contributed by atoms with E-state index in [1.165, 1.54) is 17.8 Å². The number of aromatic hydroxyl groups is 1. The normalized spacial score (nSPS) is 10.4. The monoisotopic (exact) mass is 326 g/mol. The zero-order chi connectivity index (χ0) is 16.1. The highest BCUT2D eigenvalue weighted by Gasteiger charge is 2.09. The lowest BCUT2D eigenvalue weighted by Crippen LogP contribution is -2.14. The summed E-state index contributed by atoms with van der Waals surface area (Å²) in [6.07, 6.45) is 1.61. The van der Waals surface area contributed by atoms with Crippen LogP contribution in [0.1, 0.15) is 0 Å². The van der Waals surface area contributed by atoms with Crippen molar-refractivity contribution in [3.05, 3.63) is 60.9 Å². The van der Waals surface area contributed by atoms with Crippen molar-refractivity contribution in [2.75, 3.05) is 11.1 Å². The van der Waals surface area contributed by atoms with Crippen LogP contribution >= 0.6 is 11.8 Å². The van der Waals surface area contributed by atoms with Crippen LogP contribution in [0.5, 0.6) is 5.75 Å². The van der Waals surface area contributed by atoms with Gasteiger partial charge in [0.25, 0.3) is 0 Å². The summed E-state index contributed by atoms with van der Waals surface area (Å²) in [4.78, 5) is 16.1. The third-order valence-electron chi connectivity index (χ3n) is 3.00. The van der Waals surface area contributed by atoms with Gasteiger partial charge in [-0.15, -0.1) is 5.10 Å². The fraction of sp³-hybridized carbons (Fsp3) is 0.0625. The molecule has 0 saturated heterocycles. The Kier molecular flexibility index (Phi) is 4.58. The molecule has 23 heavy (non-hydrogen) atoms. The Morgan fingerprint density at radius 2 is 1.87 bits per heavy atom. The molecule has 0 saturated carbocycles. The minimum absolute atomic E-state index is 0.0392. The van der Waals surface area contributed by atoms with Crippen LogP contribution in [0.3, 0.4) is 0 Å². The number of carbonyl (C=O) groups is 1. The maximum Gasteiger partial charge on any atom is 0.234 e. The first kappa shape index (κ1) is 15.1. The number of anilines is 1. The van der Waals surface area contributed by atoms with Gasteiger partial charge in [0.2, 0.25) is 11.1 Å². The summed E-state index contributed by atoms with van der Waals surface area (Å²) in [5.41, 5.74) is 1.30. The van der Waals surface area contributed by atoms with E-state index in [1.807, 2.05) is 30.3 Å². The molecule has 6 nitrogen and oxygen atoms in total. The zero-order valence-electron chi connectivity index (χ0n) is 12.1. The molecule has 0 unspecified atom stereocenters. The molecule has 0 bridgehead atoms. The van der Waals surface area contributed by atoms with Gasteiger partial charge in [-0.25, -0.2) is 9.67 Å². The first-order valence-electron chi connectivity index (χ1n) is 6.90. The zero-order valence-corrected chi connectivity index (χ0v) is 12.9. The van der Waals surface area contributed by atoms with Crippen LogP contribution in [0.2, 0.25) is 0 Å². The molecular formula is C16H14N4O2S. The summed E-state index contributed by atoms with van der Waals surface area (Å²) in [5.74, 6) is -0.0301. The maximum atomic E-state index is 11.9. The number of nitrogens with one attached hydrogen (secondary N) is 1. The first-order chi connectivity index (χ1) is 11.2. The molecule has 0 aliphatic heterocycles. The Bertz CT molecular complexity index is 805. The minimum atomic E-state index is -0.229. The molecule has 0 aliphatic carbocycles. The molecule has 1 aromatic heterocycles. The van der Waals surface area contributed by atoms with Crippen molar-refractivity contribution in [2.45, 2.75) is 5.16 Å². The number of carbonyl (C=O) groups excluding carboxylic acids is 1. The number of para-hydroxylation sites is 3. The number of hydrogen-bond donors (Lipinski definition) is 2. The van der Waals surface area contributed by atoms with Gasteiger partial charge >= 0.3 is 0 Å². The second kappa shape index (κ2) is 6.97. The summed E-state index contributed by atoms with van der Waals surface area (Å²) in [7, 11) is 0. The number of hydrogen-bond acceptors (Lipinski definition) is 5. The maximum absolute atomic E-state index is 11.9. The molecule has 1 heterocycles. The largest absolute Gasteiger partial charge is 0.506 e. The standard InChI is InChI=1S/C16H14N4O2S/c21-14-9-5-4-8-13(14)18-15(22)10-23-16-17-11-20(19-16)12-6-2-1-3-7-12/h1-9,11,21H,10H2,(H,18,22). The van der Waals surface area contributed by atoms with Crippen molar-refractivity contribution in [1.29, 1.82) is 0 Å². The van der Waals surface area contributed by atoms with Gasteiger partial charge in [-0.1, -0.05) is 42.1 Å². The molecule has 3 aromatic rings. The smallest absolute Gasteiger partial charge is 0.234 e. The highest BCUT2D eigenvalue weighted by Crippen LogP contribution is 2.22. The molecular weight excluding hydrogens is 312 g/mol. The SMILES string of the molecule is O=C(CSc1ncn(-c2ccccc2)n1)Nc1ccccc1O. The number of benzene rings is 2. The van der Waals surface area contributed by atoms with Crippen molar-refractivity contribution in [3.8, 4) is 11.4 Å². The van der Waals surface area contributed by atoms with Gasteiger partial charge in [0.15, 0.2) is 0 Å². The number of rotatable bonds is 5. The van der Waals surface area contributed by atoms with E-state index in [0.717, 1.165) is 5.69 Å². The Morgan fingerprint density at radius 3 is 2.65 bits per heavy atom. The van der Waals surface area contributed by atoms with E-state index < -0.39 is 0 Å². The predicted molar refractivity (Wildman–Crippen MR) is 88.8 cm³/mol. The molecule has 0 fully saturated rings. The quantitative estimate of drug-likeness (QED) is 0.556. The number of phenols is 1. The van der Waals surface area contributed by atoms with E-state index >= 15 is 0 Å². The molecule has 1 amide bonds. The number of nitrogens with zero attached hydrogens (tertiary/aromatic N) is 3. The van der Waals surface area contributed by atoms with E-state index in [2.05, 4.69) is 15.4 Å². The molecule has 7 heteroatoms. The van der Waals surface area contributed by atoms with Crippen molar-refractivity contribution in [2.24, 2.45) is 0 Å². The summed E-state index contributed by atoms with van der Waals surface area (Å²) >= 11 is 1.23. The van der Waals surface area contributed by atoms with Crippen molar-refractivity contribution < 1.29 is 9.90 Å². The van der Waals surface area contributed by atoms with Crippen LogP contribution in [-0.2, 0) is 4.79 Å². The molecule has 0 aliphatic rings. The summed E-state index contributed by atoms with van der Waals surface area (Å²) < 4.78 is 1.66.